The number of fused-ring (bicyclic) bond motifs is 2. The molecular formula is C12H24N2O2S. The molecule has 0 N–H and O–H groups in total. The van der Waals surface area contributed by atoms with E-state index in [4.69, 9.17) is 0 Å². The maximum atomic E-state index is 12.3. The molecule has 5 heteroatoms. The second-order valence-corrected chi connectivity index (χ2v) is 9.14. The Morgan fingerprint density at radius 3 is 2.29 bits per heavy atom. The van der Waals surface area contributed by atoms with Crippen molar-refractivity contribution in [1.29, 1.82) is 0 Å². The van der Waals surface area contributed by atoms with E-state index in [1.54, 1.807) is 18.4 Å². The first kappa shape index (κ1) is 13.3. The van der Waals surface area contributed by atoms with Crippen LogP contribution in [0.2, 0.25) is 0 Å². The van der Waals surface area contributed by atoms with Crippen LogP contribution < -0.4 is 0 Å². The SMILES string of the molecule is CN(C)S(=O)(=O)N1C[C@]2(C)C[C@@H]1CC(C)(C)C2. The molecule has 1 aliphatic heterocycles. The zero-order chi connectivity index (χ0) is 13.1. The van der Waals surface area contributed by atoms with Crippen molar-refractivity contribution in [2.45, 2.75) is 46.1 Å². The van der Waals surface area contributed by atoms with Gasteiger partial charge in [-0.2, -0.15) is 17.0 Å². The van der Waals surface area contributed by atoms with Crippen LogP contribution in [0.3, 0.4) is 0 Å². The second kappa shape index (κ2) is 3.68. The molecule has 1 heterocycles. The summed E-state index contributed by atoms with van der Waals surface area (Å²) in [7, 11) is -0.0201. The highest BCUT2D eigenvalue weighted by Crippen LogP contribution is 2.53. The molecule has 0 aromatic rings. The summed E-state index contributed by atoms with van der Waals surface area (Å²) in [5.41, 5.74) is 0.420. The van der Waals surface area contributed by atoms with Gasteiger partial charge in [-0.1, -0.05) is 20.8 Å². The van der Waals surface area contributed by atoms with E-state index < -0.39 is 10.2 Å². The van der Waals surface area contributed by atoms with Gasteiger partial charge in [0.05, 0.1) is 0 Å². The van der Waals surface area contributed by atoms with Crippen LogP contribution in [-0.2, 0) is 10.2 Å². The molecular weight excluding hydrogens is 236 g/mol. The van der Waals surface area contributed by atoms with Crippen molar-refractivity contribution in [3.05, 3.63) is 0 Å². The summed E-state index contributed by atoms with van der Waals surface area (Å²) in [6.07, 6.45) is 3.12. The molecule has 1 saturated heterocycles. The minimum Gasteiger partial charge on any atom is -0.195 e. The van der Waals surface area contributed by atoms with Crippen molar-refractivity contribution in [3.63, 3.8) is 0 Å². The van der Waals surface area contributed by atoms with Gasteiger partial charge in [-0.15, -0.1) is 0 Å². The lowest BCUT2D eigenvalue weighted by molar-refractivity contribution is 0.133. The summed E-state index contributed by atoms with van der Waals surface area (Å²) < 4.78 is 27.6. The third-order valence-corrected chi connectivity index (χ3v) is 6.07. The molecule has 100 valence electrons. The molecule has 2 aliphatic rings. The maximum absolute atomic E-state index is 12.3. The Kier molecular flexibility index (Phi) is 2.88. The third kappa shape index (κ3) is 2.25. The van der Waals surface area contributed by atoms with Crippen molar-refractivity contribution in [3.8, 4) is 0 Å². The molecule has 2 fully saturated rings. The van der Waals surface area contributed by atoms with Gasteiger partial charge >= 0.3 is 0 Å². The monoisotopic (exact) mass is 260 g/mol. The van der Waals surface area contributed by atoms with Gasteiger partial charge in [0.15, 0.2) is 0 Å². The largest absolute Gasteiger partial charge is 0.281 e. The van der Waals surface area contributed by atoms with E-state index in [1.807, 2.05) is 0 Å². The van der Waals surface area contributed by atoms with Crippen LogP contribution in [0.5, 0.6) is 0 Å². The van der Waals surface area contributed by atoms with Gasteiger partial charge in [0.1, 0.15) is 0 Å². The van der Waals surface area contributed by atoms with Crippen molar-refractivity contribution in [2.24, 2.45) is 10.8 Å². The summed E-state index contributed by atoms with van der Waals surface area (Å²) in [4.78, 5) is 0. The second-order valence-electron chi connectivity index (χ2n) is 7.05. The van der Waals surface area contributed by atoms with Crippen LogP contribution in [0, 0.1) is 10.8 Å². The first-order valence-electron chi connectivity index (χ1n) is 6.25. The van der Waals surface area contributed by atoms with Crippen molar-refractivity contribution in [2.75, 3.05) is 20.6 Å². The lowest BCUT2D eigenvalue weighted by Crippen LogP contribution is -2.43. The van der Waals surface area contributed by atoms with Crippen LogP contribution in [0.15, 0.2) is 0 Å². The summed E-state index contributed by atoms with van der Waals surface area (Å²) in [5, 5.41) is 0. The number of nitrogens with zero attached hydrogens (tertiary/aromatic N) is 2. The molecule has 0 aromatic heterocycles. The molecule has 17 heavy (non-hydrogen) atoms. The van der Waals surface area contributed by atoms with Crippen LogP contribution in [0.25, 0.3) is 0 Å². The average Bonchev–Trinajstić information content (AvgIpc) is 2.34. The molecule has 2 atom stereocenters. The Morgan fingerprint density at radius 2 is 1.76 bits per heavy atom. The molecule has 0 unspecified atom stereocenters. The van der Waals surface area contributed by atoms with Crippen molar-refractivity contribution >= 4 is 10.2 Å². The van der Waals surface area contributed by atoms with Gasteiger partial charge < -0.3 is 0 Å². The molecule has 2 rings (SSSR count). The minimum absolute atomic E-state index is 0.162. The number of hydrogen-bond donors (Lipinski definition) is 0. The van der Waals surface area contributed by atoms with E-state index in [9.17, 15) is 8.42 Å². The normalized spacial score (nSPS) is 37.6. The Balaban J connectivity index is 2.31. The fraction of sp³-hybridized carbons (Fsp3) is 1.00. The van der Waals surface area contributed by atoms with Crippen LogP contribution in [0.1, 0.15) is 40.0 Å². The summed E-state index contributed by atoms with van der Waals surface area (Å²) in [6, 6.07) is 0.191. The van der Waals surface area contributed by atoms with Gasteiger partial charge in [0.2, 0.25) is 0 Å². The van der Waals surface area contributed by atoms with Crippen LogP contribution in [0.4, 0.5) is 0 Å². The molecule has 0 amide bonds. The zero-order valence-electron chi connectivity index (χ0n) is 11.5. The highest BCUT2D eigenvalue weighted by atomic mass is 32.2. The summed E-state index contributed by atoms with van der Waals surface area (Å²) >= 11 is 0. The van der Waals surface area contributed by atoms with Crippen molar-refractivity contribution < 1.29 is 8.42 Å². The van der Waals surface area contributed by atoms with Crippen molar-refractivity contribution in [1.82, 2.24) is 8.61 Å². The fourth-order valence-corrected chi connectivity index (χ4v) is 5.31. The molecule has 0 aromatic carbocycles. The first-order valence-corrected chi connectivity index (χ1v) is 7.65. The number of hydrogen-bond acceptors (Lipinski definition) is 2. The van der Waals surface area contributed by atoms with E-state index >= 15 is 0 Å². The first-order chi connectivity index (χ1) is 7.56. The zero-order valence-corrected chi connectivity index (χ0v) is 12.3. The van der Waals surface area contributed by atoms with E-state index in [0.29, 0.717) is 6.54 Å². The highest BCUT2D eigenvalue weighted by molar-refractivity contribution is 7.86. The molecule has 0 spiro atoms. The molecule has 1 aliphatic carbocycles. The Bertz CT molecular complexity index is 416. The van der Waals surface area contributed by atoms with E-state index in [0.717, 1.165) is 19.3 Å². The third-order valence-electron chi connectivity index (χ3n) is 4.12. The van der Waals surface area contributed by atoms with Gasteiger partial charge in [0.25, 0.3) is 10.2 Å². The lowest BCUT2D eigenvalue weighted by Gasteiger charge is -2.39. The molecule has 2 bridgehead atoms. The van der Waals surface area contributed by atoms with E-state index in [2.05, 4.69) is 20.8 Å². The Hall–Kier alpha value is -0.130. The summed E-state index contributed by atoms with van der Waals surface area (Å²) in [6.45, 7) is 7.42. The topological polar surface area (TPSA) is 40.6 Å². The smallest absolute Gasteiger partial charge is 0.195 e. The predicted molar refractivity (Wildman–Crippen MR) is 68.8 cm³/mol. The minimum atomic E-state index is -3.25. The van der Waals surface area contributed by atoms with E-state index in [-0.39, 0.29) is 16.9 Å². The molecule has 4 nitrogen and oxygen atoms in total. The standard InChI is InChI=1S/C12H24N2O2S/c1-11(2)6-10-7-12(3,8-11)9-14(10)17(15,16)13(4)5/h10H,6-9H2,1-5H3/t10-,12+/m0/s1. The quantitative estimate of drug-likeness (QED) is 0.758. The lowest BCUT2D eigenvalue weighted by atomic mass is 9.65. The van der Waals surface area contributed by atoms with Gasteiger partial charge in [0, 0.05) is 26.7 Å². The van der Waals surface area contributed by atoms with Crippen LogP contribution >= 0.6 is 0 Å². The van der Waals surface area contributed by atoms with E-state index in [1.165, 1.54) is 4.31 Å². The highest BCUT2D eigenvalue weighted by Gasteiger charge is 2.53. The fourth-order valence-electron chi connectivity index (χ4n) is 3.89. The van der Waals surface area contributed by atoms with Gasteiger partial charge in [-0.3, -0.25) is 0 Å². The Labute approximate surface area is 105 Å². The average molecular weight is 260 g/mol. The van der Waals surface area contributed by atoms with Gasteiger partial charge in [-0.25, -0.2) is 0 Å². The summed E-state index contributed by atoms with van der Waals surface area (Å²) in [5.74, 6) is 0. The number of rotatable bonds is 2. The molecule has 1 saturated carbocycles. The maximum Gasteiger partial charge on any atom is 0.281 e. The molecule has 0 radical (unpaired) electrons. The van der Waals surface area contributed by atoms with Gasteiger partial charge in [-0.05, 0) is 30.1 Å². The predicted octanol–water partition coefficient (Wildman–Crippen LogP) is 1.69. The van der Waals surface area contributed by atoms with Crippen LogP contribution in [-0.4, -0.2) is 43.7 Å². The Morgan fingerprint density at radius 1 is 1.18 bits per heavy atom.